The van der Waals surface area contributed by atoms with E-state index in [0.29, 0.717) is 28.0 Å². The second-order valence-corrected chi connectivity index (χ2v) is 4.44. The molecule has 0 aliphatic carbocycles. The number of rotatable bonds is 3. The molecule has 0 aliphatic rings. The zero-order valence-electron chi connectivity index (χ0n) is 10.9. The summed E-state index contributed by atoms with van der Waals surface area (Å²) in [5.74, 6) is 0.742. The average Bonchev–Trinajstić information content (AvgIpc) is 2.47. The lowest BCUT2D eigenvalue weighted by Gasteiger charge is -2.08. The van der Waals surface area contributed by atoms with Crippen LogP contribution in [0.2, 0.25) is 0 Å². The Morgan fingerprint density at radius 1 is 1.00 bits per heavy atom. The van der Waals surface area contributed by atoms with Crippen molar-refractivity contribution in [2.45, 2.75) is 6.48 Å². The van der Waals surface area contributed by atoms with E-state index in [9.17, 15) is 4.79 Å². The molecule has 0 radical (unpaired) electrons. The molecule has 3 rings (SSSR count). The fourth-order valence-electron chi connectivity index (χ4n) is 2.07. The Kier molecular flexibility index (Phi) is 3.43. The van der Waals surface area contributed by atoms with E-state index in [4.69, 9.17) is 19.4 Å². The summed E-state index contributed by atoms with van der Waals surface area (Å²) < 4.78 is 10.4. The van der Waals surface area contributed by atoms with E-state index in [-0.39, 0.29) is 5.43 Å². The molecule has 2 N–H and O–H groups in total. The van der Waals surface area contributed by atoms with Crippen molar-refractivity contribution in [3.05, 3.63) is 64.8 Å². The molecule has 0 bridgehead atoms. The monoisotopic (exact) mass is 284 g/mol. The second kappa shape index (κ2) is 5.40. The van der Waals surface area contributed by atoms with Gasteiger partial charge in [-0.25, -0.2) is 0 Å². The Morgan fingerprint density at radius 2 is 1.71 bits per heavy atom. The van der Waals surface area contributed by atoms with E-state index in [1.54, 1.807) is 48.5 Å². The van der Waals surface area contributed by atoms with Crippen molar-refractivity contribution < 1.29 is 19.4 Å². The van der Waals surface area contributed by atoms with Crippen LogP contribution in [0.1, 0.15) is 0 Å². The van der Waals surface area contributed by atoms with Crippen LogP contribution in [0, 0.1) is 0 Å². The Hall–Kier alpha value is -2.63. The van der Waals surface area contributed by atoms with Gasteiger partial charge in [0.1, 0.15) is 17.1 Å². The van der Waals surface area contributed by atoms with E-state index in [1.165, 1.54) is 6.07 Å². The zero-order chi connectivity index (χ0) is 14.8. The van der Waals surface area contributed by atoms with Crippen molar-refractivity contribution in [2.24, 2.45) is 0 Å². The number of para-hydroxylation sites is 1. The third kappa shape index (κ3) is 2.79. The van der Waals surface area contributed by atoms with Gasteiger partial charge in [-0.2, -0.15) is 0 Å². The smallest absolute Gasteiger partial charge is 0.310 e. The van der Waals surface area contributed by atoms with Crippen LogP contribution < -0.4 is 10.2 Å². The zero-order valence-corrected chi connectivity index (χ0v) is 10.9. The average molecular weight is 284 g/mol. The Morgan fingerprint density at radius 3 is 2.43 bits per heavy atom. The van der Waals surface area contributed by atoms with Crippen LogP contribution in [-0.2, 0) is 0 Å². The number of aliphatic hydroxyl groups excluding tert-OH is 1. The maximum absolute atomic E-state index is 12.0. The van der Waals surface area contributed by atoms with Crippen molar-refractivity contribution in [1.29, 1.82) is 0 Å². The molecule has 0 atom stereocenters. The Balaban J connectivity index is 2.02. The van der Waals surface area contributed by atoms with Crippen molar-refractivity contribution in [2.75, 3.05) is 0 Å². The summed E-state index contributed by atoms with van der Waals surface area (Å²) in [6, 6.07) is 14.9. The summed E-state index contributed by atoms with van der Waals surface area (Å²) in [6.07, 6.45) is 0. The van der Waals surface area contributed by atoms with Crippen molar-refractivity contribution in [3.63, 3.8) is 0 Å². The number of ether oxygens (including phenoxy) is 1. The van der Waals surface area contributed by atoms with E-state index >= 15 is 0 Å². The molecule has 0 unspecified atom stereocenters. The highest BCUT2D eigenvalue weighted by Gasteiger charge is 2.07. The van der Waals surface area contributed by atoms with Crippen LogP contribution in [-0.4, -0.2) is 16.7 Å². The maximum Gasteiger partial charge on any atom is 0.310 e. The van der Waals surface area contributed by atoms with Crippen molar-refractivity contribution >= 4 is 11.0 Å². The van der Waals surface area contributed by atoms with E-state index in [2.05, 4.69) is 0 Å². The minimum Gasteiger partial charge on any atom is -0.456 e. The predicted molar refractivity (Wildman–Crippen MR) is 76.8 cm³/mol. The molecule has 0 spiro atoms. The molecular formula is C16H12O5. The summed E-state index contributed by atoms with van der Waals surface area (Å²) in [5, 5.41) is 18.0. The van der Waals surface area contributed by atoms with Gasteiger partial charge in [0.15, 0.2) is 5.43 Å². The lowest BCUT2D eigenvalue weighted by Crippen LogP contribution is -2.13. The quantitative estimate of drug-likeness (QED) is 0.720. The molecule has 0 aliphatic heterocycles. The highest BCUT2D eigenvalue weighted by Crippen LogP contribution is 2.24. The van der Waals surface area contributed by atoms with Crippen molar-refractivity contribution in [3.8, 4) is 17.1 Å². The summed E-state index contributed by atoms with van der Waals surface area (Å²) in [6.45, 7) is -1.87. The summed E-state index contributed by atoms with van der Waals surface area (Å²) in [7, 11) is 0. The lowest BCUT2D eigenvalue weighted by molar-refractivity contribution is -0.179. The number of aliphatic hydroxyl groups is 2. The van der Waals surface area contributed by atoms with Gasteiger partial charge in [-0.05, 0) is 36.4 Å². The Labute approximate surface area is 119 Å². The minimum absolute atomic E-state index is 0.113. The molecule has 0 fully saturated rings. The normalized spacial score (nSPS) is 11.0. The molecular weight excluding hydrogens is 272 g/mol. The van der Waals surface area contributed by atoms with E-state index in [0.717, 1.165) is 0 Å². The first kappa shape index (κ1) is 13.4. The van der Waals surface area contributed by atoms with Crippen LogP contribution in [0.3, 0.4) is 0 Å². The number of benzene rings is 2. The van der Waals surface area contributed by atoms with Crippen LogP contribution in [0.4, 0.5) is 0 Å². The highest BCUT2D eigenvalue weighted by molar-refractivity contribution is 5.78. The van der Waals surface area contributed by atoms with Gasteiger partial charge in [-0.3, -0.25) is 4.79 Å². The van der Waals surface area contributed by atoms with Gasteiger partial charge in [0.25, 0.3) is 0 Å². The minimum atomic E-state index is -1.87. The van der Waals surface area contributed by atoms with Gasteiger partial charge in [0, 0.05) is 11.6 Å². The van der Waals surface area contributed by atoms with Crippen LogP contribution in [0.5, 0.6) is 5.75 Å². The van der Waals surface area contributed by atoms with E-state index < -0.39 is 6.48 Å². The maximum atomic E-state index is 12.0. The van der Waals surface area contributed by atoms with E-state index in [1.807, 2.05) is 0 Å². The van der Waals surface area contributed by atoms with Gasteiger partial charge in [0.05, 0.1) is 5.39 Å². The molecule has 1 aromatic heterocycles. The molecule has 0 amide bonds. The summed E-state index contributed by atoms with van der Waals surface area (Å²) in [4.78, 5) is 12.0. The third-order valence-corrected chi connectivity index (χ3v) is 3.01. The molecule has 0 saturated heterocycles. The molecule has 1 heterocycles. The van der Waals surface area contributed by atoms with Gasteiger partial charge < -0.3 is 19.4 Å². The first-order valence-corrected chi connectivity index (χ1v) is 6.29. The van der Waals surface area contributed by atoms with Crippen LogP contribution >= 0.6 is 0 Å². The molecule has 5 nitrogen and oxygen atoms in total. The first-order valence-electron chi connectivity index (χ1n) is 6.29. The summed E-state index contributed by atoms with van der Waals surface area (Å²) in [5.41, 5.74) is 1.10. The van der Waals surface area contributed by atoms with Gasteiger partial charge in [-0.15, -0.1) is 0 Å². The van der Waals surface area contributed by atoms with Gasteiger partial charge in [-0.1, -0.05) is 12.1 Å². The summed E-state index contributed by atoms with van der Waals surface area (Å²) >= 11 is 0. The first-order chi connectivity index (χ1) is 10.1. The third-order valence-electron chi connectivity index (χ3n) is 3.01. The Bertz CT molecular complexity index is 818. The van der Waals surface area contributed by atoms with Crippen LogP contribution in [0.25, 0.3) is 22.3 Å². The molecule has 106 valence electrons. The topological polar surface area (TPSA) is 79.9 Å². The molecule has 2 aromatic carbocycles. The number of fused-ring (bicyclic) bond motifs is 1. The number of hydrogen-bond donors (Lipinski definition) is 2. The highest BCUT2D eigenvalue weighted by atomic mass is 16.7. The molecule has 0 saturated carbocycles. The largest absolute Gasteiger partial charge is 0.456 e. The predicted octanol–water partition coefficient (Wildman–Crippen LogP) is 2.11. The second-order valence-electron chi connectivity index (χ2n) is 4.44. The fourth-order valence-corrected chi connectivity index (χ4v) is 2.07. The fraction of sp³-hybridized carbons (Fsp3) is 0.0625. The van der Waals surface area contributed by atoms with Gasteiger partial charge in [0.2, 0.25) is 0 Å². The SMILES string of the molecule is O=c1cc(-c2ccc(OC(O)O)cc2)oc2ccccc12. The standard InChI is InChI=1S/C16H12O5/c17-13-9-15(21-14-4-2-1-3-12(13)14)10-5-7-11(8-6-10)20-16(18)19/h1-9,16,18-19H. The molecule has 5 heteroatoms. The lowest BCUT2D eigenvalue weighted by atomic mass is 10.1. The molecule has 21 heavy (non-hydrogen) atoms. The van der Waals surface area contributed by atoms with Crippen molar-refractivity contribution in [1.82, 2.24) is 0 Å². The number of hydrogen-bond acceptors (Lipinski definition) is 5. The molecule has 3 aromatic rings. The van der Waals surface area contributed by atoms with Crippen LogP contribution in [0.15, 0.2) is 63.8 Å². The van der Waals surface area contributed by atoms with Gasteiger partial charge >= 0.3 is 6.48 Å².